The first-order valence-corrected chi connectivity index (χ1v) is 8.57. The number of anilines is 1. The van der Waals surface area contributed by atoms with Crippen LogP contribution in [0.5, 0.6) is 0 Å². The Labute approximate surface area is 150 Å². The van der Waals surface area contributed by atoms with Crippen LogP contribution in [-0.4, -0.2) is 0 Å². The molecule has 4 rings (SSSR count). The summed E-state index contributed by atoms with van der Waals surface area (Å²) >= 11 is 12.9. The van der Waals surface area contributed by atoms with Gasteiger partial charge in [-0.3, -0.25) is 0 Å². The van der Waals surface area contributed by atoms with E-state index in [1.165, 1.54) is 16.3 Å². The first kappa shape index (κ1) is 15.3. The van der Waals surface area contributed by atoms with Gasteiger partial charge < -0.3 is 5.32 Å². The van der Waals surface area contributed by atoms with Crippen LogP contribution in [0.25, 0.3) is 21.5 Å². The molecule has 0 saturated heterocycles. The van der Waals surface area contributed by atoms with Crippen molar-refractivity contribution in [1.29, 1.82) is 0 Å². The van der Waals surface area contributed by atoms with Crippen molar-refractivity contribution in [3.8, 4) is 0 Å². The van der Waals surface area contributed by atoms with Crippen LogP contribution in [0, 0.1) is 0 Å². The lowest BCUT2D eigenvalue weighted by Crippen LogP contribution is -2.02. The second kappa shape index (κ2) is 6.35. The Morgan fingerprint density at radius 2 is 1.12 bits per heavy atom. The average molecular weight is 352 g/mol. The van der Waals surface area contributed by atoms with E-state index >= 15 is 0 Å². The van der Waals surface area contributed by atoms with Crippen LogP contribution in [0.2, 0.25) is 10.0 Å². The van der Waals surface area contributed by atoms with Gasteiger partial charge in [-0.15, -0.1) is 0 Å². The van der Waals surface area contributed by atoms with E-state index in [0.29, 0.717) is 6.54 Å². The van der Waals surface area contributed by atoms with E-state index in [0.717, 1.165) is 26.5 Å². The number of nitrogens with one attached hydrogen (secondary N) is 1. The minimum atomic E-state index is 0.682. The molecule has 3 heteroatoms. The summed E-state index contributed by atoms with van der Waals surface area (Å²) in [6, 6.07) is 24.3. The maximum Gasteiger partial charge on any atom is 0.0637 e. The number of hydrogen-bond acceptors (Lipinski definition) is 1. The van der Waals surface area contributed by atoms with Gasteiger partial charge in [0.05, 0.1) is 15.7 Å². The smallest absolute Gasteiger partial charge is 0.0637 e. The predicted molar refractivity (Wildman–Crippen MR) is 105 cm³/mol. The molecule has 4 aromatic rings. The van der Waals surface area contributed by atoms with Crippen molar-refractivity contribution >= 4 is 50.4 Å². The Morgan fingerprint density at radius 3 is 1.71 bits per heavy atom. The first-order valence-electron chi connectivity index (χ1n) is 7.82. The largest absolute Gasteiger partial charge is 0.380 e. The molecule has 0 aliphatic rings. The van der Waals surface area contributed by atoms with E-state index in [4.69, 9.17) is 23.2 Å². The highest BCUT2D eigenvalue weighted by atomic mass is 35.5. The summed E-state index contributed by atoms with van der Waals surface area (Å²) in [5.74, 6) is 0. The van der Waals surface area contributed by atoms with Gasteiger partial charge in [-0.1, -0.05) is 83.9 Å². The zero-order valence-electron chi connectivity index (χ0n) is 12.9. The van der Waals surface area contributed by atoms with Gasteiger partial charge in [0.2, 0.25) is 0 Å². The number of para-hydroxylation sites is 1. The van der Waals surface area contributed by atoms with Crippen LogP contribution in [0.15, 0.2) is 72.8 Å². The maximum absolute atomic E-state index is 6.65. The first-order chi connectivity index (χ1) is 11.8. The molecule has 0 unspecified atom stereocenters. The summed E-state index contributed by atoms with van der Waals surface area (Å²) in [7, 11) is 0. The summed E-state index contributed by atoms with van der Waals surface area (Å²) in [4.78, 5) is 0. The molecule has 0 saturated carbocycles. The molecule has 118 valence electrons. The molecule has 4 aromatic carbocycles. The van der Waals surface area contributed by atoms with Crippen LogP contribution >= 0.6 is 23.2 Å². The van der Waals surface area contributed by atoms with Crippen molar-refractivity contribution in [2.75, 3.05) is 5.32 Å². The Bertz CT molecular complexity index is 983. The fourth-order valence-corrected chi connectivity index (χ4v) is 3.68. The molecular weight excluding hydrogens is 337 g/mol. The fraction of sp³-hybridized carbons (Fsp3) is 0.0476. The molecule has 0 atom stereocenters. The van der Waals surface area contributed by atoms with E-state index in [2.05, 4.69) is 29.6 Å². The average Bonchev–Trinajstić information content (AvgIpc) is 2.63. The highest BCUT2D eigenvalue weighted by Gasteiger charge is 2.12. The number of hydrogen-bond donors (Lipinski definition) is 1. The molecule has 0 aliphatic carbocycles. The number of fused-ring (bicyclic) bond motifs is 2. The predicted octanol–water partition coefficient (Wildman–Crippen LogP) is 6.91. The van der Waals surface area contributed by atoms with E-state index in [-0.39, 0.29) is 0 Å². The monoisotopic (exact) mass is 351 g/mol. The summed E-state index contributed by atoms with van der Waals surface area (Å²) < 4.78 is 0. The molecule has 0 bridgehead atoms. The van der Waals surface area contributed by atoms with Crippen molar-refractivity contribution < 1.29 is 0 Å². The Morgan fingerprint density at radius 1 is 0.625 bits per heavy atom. The minimum absolute atomic E-state index is 0.682. The van der Waals surface area contributed by atoms with Gasteiger partial charge in [-0.2, -0.15) is 0 Å². The second-order valence-corrected chi connectivity index (χ2v) is 6.50. The second-order valence-electron chi connectivity index (χ2n) is 5.72. The van der Waals surface area contributed by atoms with Crippen molar-refractivity contribution in [3.63, 3.8) is 0 Å². The molecule has 1 nitrogen and oxygen atoms in total. The zero-order valence-corrected chi connectivity index (χ0v) is 14.4. The van der Waals surface area contributed by atoms with E-state index in [1.807, 2.05) is 48.5 Å². The molecule has 24 heavy (non-hydrogen) atoms. The summed E-state index contributed by atoms with van der Waals surface area (Å²) in [6.07, 6.45) is 0. The van der Waals surface area contributed by atoms with Gasteiger partial charge in [0.15, 0.2) is 0 Å². The van der Waals surface area contributed by atoms with Crippen molar-refractivity contribution in [2.45, 2.75) is 6.54 Å². The molecule has 0 amide bonds. The van der Waals surface area contributed by atoms with Gasteiger partial charge in [0.1, 0.15) is 0 Å². The minimum Gasteiger partial charge on any atom is -0.380 e. The van der Waals surface area contributed by atoms with Crippen LogP contribution in [0.4, 0.5) is 5.69 Å². The third-order valence-electron chi connectivity index (χ3n) is 4.31. The fourth-order valence-electron chi connectivity index (χ4n) is 3.14. The van der Waals surface area contributed by atoms with Gasteiger partial charge >= 0.3 is 0 Å². The highest BCUT2D eigenvalue weighted by molar-refractivity contribution is 6.41. The van der Waals surface area contributed by atoms with Crippen molar-refractivity contribution in [3.05, 3.63) is 88.4 Å². The van der Waals surface area contributed by atoms with Gasteiger partial charge in [-0.25, -0.2) is 0 Å². The van der Waals surface area contributed by atoms with Crippen molar-refractivity contribution in [2.24, 2.45) is 0 Å². The van der Waals surface area contributed by atoms with E-state index in [9.17, 15) is 0 Å². The topological polar surface area (TPSA) is 12.0 Å². The van der Waals surface area contributed by atoms with Crippen molar-refractivity contribution in [1.82, 2.24) is 0 Å². The summed E-state index contributed by atoms with van der Waals surface area (Å²) in [5, 5.41) is 9.48. The molecule has 0 heterocycles. The van der Waals surface area contributed by atoms with Crippen LogP contribution < -0.4 is 5.32 Å². The lowest BCUT2D eigenvalue weighted by molar-refractivity contribution is 1.18. The standard InChI is InChI=1S/C21H15Cl2N/c22-19-11-5-6-12-20(19)24-13-18-14-7-1-3-9-16(14)21(23)17-10-4-2-8-15(17)18/h1-12,24H,13H2. The molecule has 0 radical (unpaired) electrons. The van der Waals surface area contributed by atoms with E-state index < -0.39 is 0 Å². The Hall–Kier alpha value is -2.22. The number of rotatable bonds is 3. The van der Waals surface area contributed by atoms with Crippen LogP contribution in [0.1, 0.15) is 5.56 Å². The number of halogens is 2. The van der Waals surface area contributed by atoms with Gasteiger partial charge in [-0.05, 0) is 28.5 Å². The summed E-state index contributed by atoms with van der Waals surface area (Å²) in [5.41, 5.74) is 2.16. The maximum atomic E-state index is 6.65. The molecule has 0 spiro atoms. The normalized spacial score (nSPS) is 11.1. The van der Waals surface area contributed by atoms with Crippen LogP contribution in [0.3, 0.4) is 0 Å². The lowest BCUT2D eigenvalue weighted by atomic mass is 9.96. The number of benzene rings is 4. The molecule has 0 aromatic heterocycles. The molecule has 1 N–H and O–H groups in total. The molecular formula is C21H15Cl2N. The quantitative estimate of drug-likeness (QED) is 0.395. The lowest BCUT2D eigenvalue weighted by Gasteiger charge is -2.15. The Kier molecular flexibility index (Phi) is 4.05. The van der Waals surface area contributed by atoms with Crippen LogP contribution in [-0.2, 0) is 6.54 Å². The van der Waals surface area contributed by atoms with E-state index in [1.54, 1.807) is 0 Å². The van der Waals surface area contributed by atoms with Gasteiger partial charge in [0, 0.05) is 17.3 Å². The highest BCUT2D eigenvalue weighted by Crippen LogP contribution is 2.36. The third-order valence-corrected chi connectivity index (χ3v) is 5.04. The van der Waals surface area contributed by atoms with Gasteiger partial charge in [0.25, 0.3) is 0 Å². The summed E-state index contributed by atoms with van der Waals surface area (Å²) in [6.45, 7) is 0.682. The molecule has 0 fully saturated rings. The Balaban J connectivity index is 1.89. The molecule has 0 aliphatic heterocycles. The third kappa shape index (κ3) is 2.60. The zero-order chi connectivity index (χ0) is 16.5. The SMILES string of the molecule is Clc1ccccc1NCc1c2ccccc2c(Cl)c2ccccc12.